The molecule has 27 heavy (non-hydrogen) atoms. The van der Waals surface area contributed by atoms with Gasteiger partial charge in [-0.2, -0.15) is 4.31 Å². The van der Waals surface area contributed by atoms with Crippen molar-refractivity contribution in [3.63, 3.8) is 0 Å². The molecular formula is C20H29N3O3S. The minimum Gasteiger partial charge on any atom is -0.376 e. The van der Waals surface area contributed by atoms with Crippen molar-refractivity contribution in [2.45, 2.75) is 31.1 Å². The fourth-order valence-corrected chi connectivity index (χ4v) is 4.88. The third-order valence-electron chi connectivity index (χ3n) is 4.62. The van der Waals surface area contributed by atoms with E-state index < -0.39 is 10.0 Å². The molecule has 1 aromatic rings. The van der Waals surface area contributed by atoms with E-state index in [4.69, 9.17) is 0 Å². The first-order chi connectivity index (χ1) is 12.9. The predicted molar refractivity (Wildman–Crippen MR) is 109 cm³/mol. The number of amides is 1. The number of anilines is 1. The average molecular weight is 392 g/mol. The molecule has 0 unspecified atom stereocenters. The van der Waals surface area contributed by atoms with E-state index in [0.717, 1.165) is 19.3 Å². The summed E-state index contributed by atoms with van der Waals surface area (Å²) in [5.74, 6) is -0.101. The second kappa shape index (κ2) is 9.71. The number of rotatable bonds is 9. The van der Waals surface area contributed by atoms with Crippen LogP contribution in [0.15, 0.2) is 48.4 Å². The summed E-state index contributed by atoms with van der Waals surface area (Å²) >= 11 is 0. The summed E-state index contributed by atoms with van der Waals surface area (Å²) in [5.41, 5.74) is 1.32. The quantitative estimate of drug-likeness (QED) is 0.657. The molecule has 1 amide bonds. The molecule has 1 heterocycles. The fraction of sp³-hybridized carbons (Fsp3) is 0.450. The van der Waals surface area contributed by atoms with Gasteiger partial charge in [0.1, 0.15) is 0 Å². The van der Waals surface area contributed by atoms with Crippen molar-refractivity contribution in [3.05, 3.63) is 49.1 Å². The van der Waals surface area contributed by atoms with Gasteiger partial charge in [-0.25, -0.2) is 8.42 Å². The number of nitrogens with zero attached hydrogens (tertiary/aromatic N) is 2. The summed E-state index contributed by atoms with van der Waals surface area (Å²) in [4.78, 5) is 14.3. The first kappa shape index (κ1) is 21.2. The Labute approximate surface area is 162 Å². The van der Waals surface area contributed by atoms with Gasteiger partial charge < -0.3 is 10.2 Å². The molecule has 0 atom stereocenters. The van der Waals surface area contributed by atoms with Gasteiger partial charge in [-0.3, -0.25) is 4.79 Å². The van der Waals surface area contributed by atoms with Gasteiger partial charge in [0.25, 0.3) is 0 Å². The van der Waals surface area contributed by atoms with Gasteiger partial charge in [-0.05, 0) is 37.5 Å². The second-order valence-corrected chi connectivity index (χ2v) is 8.58. The number of aryl methyl sites for hydroxylation is 1. The fourth-order valence-electron chi connectivity index (χ4n) is 3.11. The third kappa shape index (κ3) is 5.43. The van der Waals surface area contributed by atoms with Crippen LogP contribution in [0, 0.1) is 6.92 Å². The van der Waals surface area contributed by atoms with Crippen molar-refractivity contribution in [3.8, 4) is 0 Å². The molecule has 0 aliphatic carbocycles. The summed E-state index contributed by atoms with van der Waals surface area (Å²) in [6, 6.07) is 5.19. The average Bonchev–Trinajstić information content (AvgIpc) is 2.67. The summed E-state index contributed by atoms with van der Waals surface area (Å²) in [5, 5.41) is 3.04. The van der Waals surface area contributed by atoms with Crippen molar-refractivity contribution in [1.82, 2.24) is 9.21 Å². The van der Waals surface area contributed by atoms with E-state index in [9.17, 15) is 13.2 Å². The van der Waals surface area contributed by atoms with E-state index >= 15 is 0 Å². The SMILES string of the molecule is C=CCN(CC=C)C(=O)CNc1ccc(C)c(S(=O)(=O)N2CCCCC2)c1. The summed E-state index contributed by atoms with van der Waals surface area (Å²) in [6.07, 6.45) is 6.19. The van der Waals surface area contributed by atoms with Gasteiger partial charge in [0, 0.05) is 31.9 Å². The molecule has 0 saturated carbocycles. The molecule has 0 bridgehead atoms. The van der Waals surface area contributed by atoms with E-state index in [-0.39, 0.29) is 12.5 Å². The van der Waals surface area contributed by atoms with Gasteiger partial charge in [-0.15, -0.1) is 13.2 Å². The van der Waals surface area contributed by atoms with E-state index in [2.05, 4.69) is 18.5 Å². The Morgan fingerprint density at radius 3 is 2.41 bits per heavy atom. The Morgan fingerprint density at radius 1 is 1.19 bits per heavy atom. The van der Waals surface area contributed by atoms with Gasteiger partial charge in [-0.1, -0.05) is 24.6 Å². The van der Waals surface area contributed by atoms with Crippen molar-refractivity contribution in [2.75, 3.05) is 38.0 Å². The number of benzene rings is 1. The van der Waals surface area contributed by atoms with Crippen molar-refractivity contribution in [2.24, 2.45) is 0 Å². The van der Waals surface area contributed by atoms with E-state index in [1.54, 1.807) is 46.5 Å². The number of carbonyl (C=O) groups is 1. The number of hydrogen-bond donors (Lipinski definition) is 1. The van der Waals surface area contributed by atoms with Crippen LogP contribution in [0.3, 0.4) is 0 Å². The summed E-state index contributed by atoms with van der Waals surface area (Å²) in [7, 11) is -3.52. The molecule has 1 saturated heterocycles. The minimum atomic E-state index is -3.52. The maximum atomic E-state index is 13.0. The molecular weight excluding hydrogens is 362 g/mol. The van der Waals surface area contributed by atoms with Crippen LogP contribution in [0.5, 0.6) is 0 Å². The molecule has 1 aromatic carbocycles. The highest BCUT2D eigenvalue weighted by molar-refractivity contribution is 7.89. The van der Waals surface area contributed by atoms with Crippen LogP contribution in [0.4, 0.5) is 5.69 Å². The van der Waals surface area contributed by atoms with Gasteiger partial charge in [0.2, 0.25) is 15.9 Å². The van der Waals surface area contributed by atoms with Crippen molar-refractivity contribution in [1.29, 1.82) is 0 Å². The molecule has 1 aliphatic rings. The first-order valence-electron chi connectivity index (χ1n) is 9.24. The van der Waals surface area contributed by atoms with Gasteiger partial charge in [0.05, 0.1) is 11.4 Å². The van der Waals surface area contributed by atoms with Crippen molar-refractivity contribution < 1.29 is 13.2 Å². The lowest BCUT2D eigenvalue weighted by molar-refractivity contribution is -0.128. The number of carbonyl (C=O) groups excluding carboxylic acids is 1. The maximum Gasteiger partial charge on any atom is 0.243 e. The molecule has 0 aromatic heterocycles. The maximum absolute atomic E-state index is 13.0. The Balaban J connectivity index is 2.13. The largest absolute Gasteiger partial charge is 0.376 e. The Hall–Kier alpha value is -2.12. The van der Waals surface area contributed by atoms with Crippen LogP contribution in [-0.4, -0.2) is 56.3 Å². The Bertz CT molecular complexity index is 774. The number of hydrogen-bond acceptors (Lipinski definition) is 4. The van der Waals surface area contributed by atoms with Crippen LogP contribution in [0.25, 0.3) is 0 Å². The Kier molecular flexibility index (Phi) is 7.62. The molecule has 1 fully saturated rings. The molecule has 6 nitrogen and oxygen atoms in total. The second-order valence-electron chi connectivity index (χ2n) is 6.67. The zero-order valence-electron chi connectivity index (χ0n) is 16.0. The number of nitrogens with one attached hydrogen (secondary N) is 1. The van der Waals surface area contributed by atoms with E-state index in [1.165, 1.54) is 0 Å². The van der Waals surface area contributed by atoms with Crippen molar-refractivity contribution >= 4 is 21.6 Å². The third-order valence-corrected chi connectivity index (χ3v) is 6.66. The van der Waals surface area contributed by atoms with E-state index in [0.29, 0.717) is 42.3 Å². The lowest BCUT2D eigenvalue weighted by atomic mass is 10.2. The van der Waals surface area contributed by atoms with Gasteiger partial charge >= 0.3 is 0 Å². The monoisotopic (exact) mass is 391 g/mol. The first-order valence-corrected chi connectivity index (χ1v) is 10.7. The van der Waals surface area contributed by atoms with Gasteiger partial charge in [0.15, 0.2) is 0 Å². The zero-order chi connectivity index (χ0) is 19.9. The lowest BCUT2D eigenvalue weighted by Crippen LogP contribution is -2.36. The molecule has 2 rings (SSSR count). The normalized spacial score (nSPS) is 15.1. The highest BCUT2D eigenvalue weighted by Crippen LogP contribution is 2.26. The predicted octanol–water partition coefficient (Wildman–Crippen LogP) is 2.78. The standard InChI is InChI=1S/C20H29N3O3S/c1-4-11-22(12-5-2)20(24)16-21-18-10-9-17(3)19(15-18)27(25,26)23-13-7-6-8-14-23/h4-5,9-10,15,21H,1-2,6-8,11-14,16H2,3H3. The van der Waals surface area contributed by atoms with Crippen LogP contribution in [0.2, 0.25) is 0 Å². The number of sulfonamides is 1. The molecule has 0 spiro atoms. The smallest absolute Gasteiger partial charge is 0.243 e. The highest BCUT2D eigenvalue weighted by atomic mass is 32.2. The van der Waals surface area contributed by atoms with Crippen LogP contribution < -0.4 is 5.32 Å². The van der Waals surface area contributed by atoms with Crippen LogP contribution in [0.1, 0.15) is 24.8 Å². The Morgan fingerprint density at radius 2 is 1.81 bits per heavy atom. The van der Waals surface area contributed by atoms with Crippen LogP contribution >= 0.6 is 0 Å². The molecule has 148 valence electrons. The zero-order valence-corrected chi connectivity index (χ0v) is 16.8. The molecule has 0 radical (unpaired) electrons. The lowest BCUT2D eigenvalue weighted by Gasteiger charge is -2.27. The highest BCUT2D eigenvalue weighted by Gasteiger charge is 2.27. The topological polar surface area (TPSA) is 69.7 Å². The molecule has 1 N–H and O–H groups in total. The molecule has 1 aliphatic heterocycles. The van der Waals surface area contributed by atoms with E-state index in [1.807, 2.05) is 0 Å². The van der Waals surface area contributed by atoms with Crippen LogP contribution in [-0.2, 0) is 14.8 Å². The summed E-state index contributed by atoms with van der Waals surface area (Å²) < 4.78 is 27.5. The summed E-state index contributed by atoms with van der Waals surface area (Å²) in [6.45, 7) is 11.2. The molecule has 7 heteroatoms. The minimum absolute atomic E-state index is 0.0773. The number of piperidine rings is 1.